The number of hydrogen-bond acceptors (Lipinski definition) is 1. The third kappa shape index (κ3) is 3.43. The lowest BCUT2D eigenvalue weighted by atomic mass is 10.2. The van der Waals surface area contributed by atoms with E-state index in [-0.39, 0.29) is 0 Å². The number of pyridine rings is 1. The number of rotatable bonds is 0. The number of nitrogens with zero attached hydrogens (tertiary/aromatic N) is 1. The van der Waals surface area contributed by atoms with Crippen LogP contribution in [-0.4, -0.2) is 13.1 Å². The number of aryl methyl sites for hydroxylation is 1. The summed E-state index contributed by atoms with van der Waals surface area (Å²) < 4.78 is 0. The van der Waals surface area contributed by atoms with Crippen molar-refractivity contribution in [2.24, 2.45) is 0 Å². The number of aromatic nitrogens is 1. The molecule has 0 aliphatic heterocycles. The van der Waals surface area contributed by atoms with Gasteiger partial charge in [-0.25, -0.2) is 0 Å². The largest absolute Gasteiger partial charge is 0.263 e. The van der Waals surface area contributed by atoms with E-state index >= 15 is 0 Å². The summed E-state index contributed by atoms with van der Waals surface area (Å²) in [6.45, 7) is 8.79. The monoisotopic (exact) mass is 189 g/mol. The molecule has 1 rings (SSSR count). The minimum absolute atomic E-state index is 1.06. The van der Waals surface area contributed by atoms with E-state index in [0.717, 1.165) is 5.56 Å². The molecule has 68 valence electrons. The lowest BCUT2D eigenvalue weighted by Gasteiger charge is -2.03. The van der Waals surface area contributed by atoms with Crippen molar-refractivity contribution in [3.05, 3.63) is 29.6 Å². The van der Waals surface area contributed by atoms with Crippen LogP contribution in [0.1, 0.15) is 11.1 Å². The summed E-state index contributed by atoms with van der Waals surface area (Å²) in [6, 6.07) is 1.99. The van der Waals surface area contributed by atoms with E-state index in [1.165, 1.54) is 5.56 Å². The Hall–Kier alpha value is -1.07. The molecule has 0 atom stereocenters. The molecule has 2 heteroatoms. The van der Waals surface area contributed by atoms with Gasteiger partial charge in [-0.2, -0.15) is 0 Å². The first-order valence-electron chi connectivity index (χ1n) is 4.43. The SMILES string of the molecule is Cc1ccncc1C#C[Si](C)(C)C. The molecule has 1 aromatic rings. The van der Waals surface area contributed by atoms with Crippen molar-refractivity contribution in [2.75, 3.05) is 0 Å². The van der Waals surface area contributed by atoms with Crippen molar-refractivity contribution in [2.45, 2.75) is 26.6 Å². The van der Waals surface area contributed by atoms with Gasteiger partial charge in [-0.1, -0.05) is 25.6 Å². The van der Waals surface area contributed by atoms with E-state index in [0.29, 0.717) is 0 Å². The molecule has 13 heavy (non-hydrogen) atoms. The fraction of sp³-hybridized carbons (Fsp3) is 0.364. The van der Waals surface area contributed by atoms with E-state index in [1.807, 2.05) is 12.3 Å². The van der Waals surface area contributed by atoms with Gasteiger partial charge in [-0.15, -0.1) is 5.54 Å². The van der Waals surface area contributed by atoms with Crippen LogP contribution in [0, 0.1) is 18.4 Å². The Labute approximate surface area is 81.2 Å². The lowest BCUT2D eigenvalue weighted by molar-refractivity contribution is 1.27. The average molecular weight is 189 g/mol. The first kappa shape index (κ1) is 10.0. The minimum Gasteiger partial charge on any atom is -0.263 e. The maximum absolute atomic E-state index is 4.06. The maximum atomic E-state index is 4.06. The van der Waals surface area contributed by atoms with E-state index in [4.69, 9.17) is 0 Å². The molecular weight excluding hydrogens is 174 g/mol. The Bertz CT molecular complexity index is 352. The second-order valence-electron chi connectivity index (χ2n) is 4.19. The normalized spacial score (nSPS) is 10.5. The first-order chi connectivity index (χ1) is 5.99. The zero-order valence-corrected chi connectivity index (χ0v) is 9.68. The van der Waals surface area contributed by atoms with Crippen molar-refractivity contribution in [1.29, 1.82) is 0 Å². The molecule has 0 fully saturated rings. The molecule has 0 unspecified atom stereocenters. The summed E-state index contributed by atoms with van der Waals surface area (Å²) in [4.78, 5) is 4.06. The van der Waals surface area contributed by atoms with Crippen LogP contribution in [0.5, 0.6) is 0 Å². The number of hydrogen-bond donors (Lipinski definition) is 0. The second kappa shape index (κ2) is 3.76. The summed E-state index contributed by atoms with van der Waals surface area (Å²) in [7, 11) is -1.25. The smallest absolute Gasteiger partial charge is 0.129 e. The molecule has 0 aliphatic carbocycles. The first-order valence-corrected chi connectivity index (χ1v) is 7.93. The van der Waals surface area contributed by atoms with Crippen molar-refractivity contribution < 1.29 is 0 Å². The zero-order chi connectivity index (χ0) is 9.90. The Morgan fingerprint density at radius 1 is 1.31 bits per heavy atom. The van der Waals surface area contributed by atoms with Crippen molar-refractivity contribution >= 4 is 8.07 Å². The maximum Gasteiger partial charge on any atom is 0.129 e. The predicted molar refractivity (Wildman–Crippen MR) is 59.2 cm³/mol. The van der Waals surface area contributed by atoms with Gasteiger partial charge in [0.25, 0.3) is 0 Å². The van der Waals surface area contributed by atoms with Gasteiger partial charge in [0.05, 0.1) is 0 Å². The van der Waals surface area contributed by atoms with Crippen LogP contribution >= 0.6 is 0 Å². The van der Waals surface area contributed by atoms with Crippen LogP contribution in [0.4, 0.5) is 0 Å². The van der Waals surface area contributed by atoms with Gasteiger partial charge in [0.1, 0.15) is 8.07 Å². The molecule has 0 saturated heterocycles. The fourth-order valence-electron chi connectivity index (χ4n) is 0.850. The molecule has 0 aliphatic rings. The van der Waals surface area contributed by atoms with Crippen LogP contribution in [0.2, 0.25) is 19.6 Å². The standard InChI is InChI=1S/C11H15NSi/c1-10-5-7-12-9-11(10)6-8-13(2,3)4/h5,7,9H,1-4H3. The van der Waals surface area contributed by atoms with Gasteiger partial charge in [-0.05, 0) is 18.6 Å². The Balaban J connectivity index is 2.97. The summed E-state index contributed by atoms with van der Waals surface area (Å²) in [6.07, 6.45) is 3.64. The molecule has 0 spiro atoms. The minimum atomic E-state index is -1.25. The summed E-state index contributed by atoms with van der Waals surface area (Å²) in [5.41, 5.74) is 5.60. The summed E-state index contributed by atoms with van der Waals surface area (Å²) >= 11 is 0. The van der Waals surface area contributed by atoms with Gasteiger partial charge >= 0.3 is 0 Å². The van der Waals surface area contributed by atoms with Crippen molar-refractivity contribution in [1.82, 2.24) is 4.98 Å². The Kier molecular flexibility index (Phi) is 2.89. The highest BCUT2D eigenvalue weighted by atomic mass is 28.3. The van der Waals surface area contributed by atoms with E-state index in [9.17, 15) is 0 Å². The van der Waals surface area contributed by atoms with E-state index in [2.05, 4.69) is 43.0 Å². The highest BCUT2D eigenvalue weighted by Crippen LogP contribution is 2.04. The van der Waals surface area contributed by atoms with Crippen LogP contribution in [0.25, 0.3) is 0 Å². The highest BCUT2D eigenvalue weighted by Gasteiger charge is 2.07. The van der Waals surface area contributed by atoms with Gasteiger partial charge in [0, 0.05) is 18.0 Å². The predicted octanol–water partition coefficient (Wildman–Crippen LogP) is 2.62. The summed E-state index contributed by atoms with van der Waals surface area (Å²) in [5, 5.41) is 0. The van der Waals surface area contributed by atoms with Crippen LogP contribution in [0.15, 0.2) is 18.5 Å². The van der Waals surface area contributed by atoms with Crippen LogP contribution in [0.3, 0.4) is 0 Å². The Morgan fingerprint density at radius 3 is 2.54 bits per heavy atom. The molecule has 0 N–H and O–H groups in total. The molecular formula is C11H15NSi. The lowest BCUT2D eigenvalue weighted by Crippen LogP contribution is -2.16. The zero-order valence-electron chi connectivity index (χ0n) is 8.68. The average Bonchev–Trinajstić information content (AvgIpc) is 2.01. The molecule has 0 saturated carbocycles. The van der Waals surface area contributed by atoms with Gasteiger partial charge < -0.3 is 0 Å². The third-order valence-electron chi connectivity index (χ3n) is 1.61. The van der Waals surface area contributed by atoms with E-state index in [1.54, 1.807) is 6.20 Å². The van der Waals surface area contributed by atoms with Gasteiger partial charge in [0.15, 0.2) is 0 Å². The Morgan fingerprint density at radius 2 is 2.00 bits per heavy atom. The second-order valence-corrected chi connectivity index (χ2v) is 8.94. The molecule has 0 amide bonds. The van der Waals surface area contributed by atoms with Crippen LogP contribution < -0.4 is 0 Å². The molecule has 0 aromatic carbocycles. The fourth-order valence-corrected chi connectivity index (χ4v) is 1.36. The third-order valence-corrected chi connectivity index (χ3v) is 2.49. The molecule has 1 aromatic heterocycles. The molecule has 1 nitrogen and oxygen atoms in total. The quantitative estimate of drug-likeness (QED) is 0.451. The highest BCUT2D eigenvalue weighted by molar-refractivity contribution is 6.83. The van der Waals surface area contributed by atoms with Crippen molar-refractivity contribution in [3.8, 4) is 11.5 Å². The van der Waals surface area contributed by atoms with E-state index < -0.39 is 8.07 Å². The summed E-state index contributed by atoms with van der Waals surface area (Å²) in [5.74, 6) is 3.20. The molecule has 0 bridgehead atoms. The van der Waals surface area contributed by atoms with Crippen molar-refractivity contribution in [3.63, 3.8) is 0 Å². The molecule has 0 radical (unpaired) electrons. The van der Waals surface area contributed by atoms with Gasteiger partial charge in [-0.3, -0.25) is 4.98 Å². The van der Waals surface area contributed by atoms with Crippen LogP contribution in [-0.2, 0) is 0 Å². The topological polar surface area (TPSA) is 12.9 Å². The molecule has 1 heterocycles. The van der Waals surface area contributed by atoms with Gasteiger partial charge in [0.2, 0.25) is 0 Å².